The number of hydrogen-bond donors (Lipinski definition) is 2. The summed E-state index contributed by atoms with van der Waals surface area (Å²) in [4.78, 5) is 13.9. The maximum atomic E-state index is 12.0. The highest BCUT2D eigenvalue weighted by molar-refractivity contribution is 5.97. The largest absolute Gasteiger partial charge is 0.398 e. The van der Waals surface area contributed by atoms with Crippen molar-refractivity contribution in [2.75, 3.05) is 5.73 Å². The van der Waals surface area contributed by atoms with Crippen LogP contribution in [-0.2, 0) is 0 Å². The number of alkyl halides is 2. The number of nitrogens with zero attached hydrogens (tertiary/aromatic N) is 1. The monoisotopic (exact) mass is 187 g/mol. The molecule has 70 valence electrons. The molecule has 0 fully saturated rings. The molecule has 0 aromatic carbocycles. The zero-order valence-electron chi connectivity index (χ0n) is 6.50. The Morgan fingerprint density at radius 3 is 2.54 bits per heavy atom. The first-order valence-electron chi connectivity index (χ1n) is 3.35. The number of nitrogens with two attached hydrogens (primary N) is 2. The molecule has 0 unspecified atom stereocenters. The van der Waals surface area contributed by atoms with Gasteiger partial charge in [-0.1, -0.05) is 0 Å². The van der Waals surface area contributed by atoms with Crippen LogP contribution >= 0.6 is 0 Å². The van der Waals surface area contributed by atoms with Crippen LogP contribution in [0.15, 0.2) is 12.3 Å². The van der Waals surface area contributed by atoms with Gasteiger partial charge in [-0.15, -0.1) is 0 Å². The number of primary amides is 1. The van der Waals surface area contributed by atoms with Gasteiger partial charge in [0.15, 0.2) is 0 Å². The molecular formula is C7H7F2N3O. The van der Waals surface area contributed by atoms with Gasteiger partial charge in [0.05, 0.1) is 5.56 Å². The number of anilines is 1. The van der Waals surface area contributed by atoms with Crippen molar-refractivity contribution < 1.29 is 13.6 Å². The Morgan fingerprint density at radius 2 is 2.15 bits per heavy atom. The SMILES string of the molecule is NC(=O)c1cnc(C(F)F)cc1N. The van der Waals surface area contributed by atoms with Crippen molar-refractivity contribution in [1.82, 2.24) is 4.98 Å². The molecule has 6 heteroatoms. The molecule has 1 aromatic rings. The number of pyridine rings is 1. The minimum atomic E-state index is -2.70. The first kappa shape index (κ1) is 9.37. The van der Waals surface area contributed by atoms with Gasteiger partial charge in [0, 0.05) is 11.9 Å². The van der Waals surface area contributed by atoms with E-state index in [1.165, 1.54) is 0 Å². The van der Waals surface area contributed by atoms with E-state index in [-0.39, 0.29) is 11.3 Å². The highest BCUT2D eigenvalue weighted by atomic mass is 19.3. The van der Waals surface area contributed by atoms with E-state index < -0.39 is 18.0 Å². The smallest absolute Gasteiger partial charge is 0.280 e. The summed E-state index contributed by atoms with van der Waals surface area (Å²) in [6.45, 7) is 0. The van der Waals surface area contributed by atoms with E-state index in [1.807, 2.05) is 0 Å². The Kier molecular flexibility index (Phi) is 2.41. The van der Waals surface area contributed by atoms with Crippen LogP contribution in [0.25, 0.3) is 0 Å². The van der Waals surface area contributed by atoms with Crippen LogP contribution in [0.2, 0.25) is 0 Å². The standard InChI is InChI=1S/C7H7F2N3O/c8-6(9)5-1-4(10)3(2-12-5)7(11)13/h1-2,6H,(H2,10,12)(H2,11,13). The van der Waals surface area contributed by atoms with Gasteiger partial charge in [0.25, 0.3) is 12.3 Å². The molecule has 1 amide bonds. The summed E-state index contributed by atoms with van der Waals surface area (Å²) in [5.41, 5.74) is 9.57. The summed E-state index contributed by atoms with van der Waals surface area (Å²) >= 11 is 0. The lowest BCUT2D eigenvalue weighted by molar-refractivity contribution is 0.1000. The Bertz CT molecular complexity index is 341. The number of carbonyl (C=O) groups excluding carboxylic acids is 1. The average Bonchev–Trinajstić information content (AvgIpc) is 2.03. The number of nitrogen functional groups attached to an aromatic ring is 1. The van der Waals surface area contributed by atoms with Gasteiger partial charge in [-0.05, 0) is 6.07 Å². The third-order valence-corrected chi connectivity index (χ3v) is 1.45. The van der Waals surface area contributed by atoms with E-state index in [2.05, 4.69) is 4.98 Å². The van der Waals surface area contributed by atoms with Gasteiger partial charge in [-0.3, -0.25) is 9.78 Å². The van der Waals surface area contributed by atoms with Crippen LogP contribution in [0.1, 0.15) is 22.5 Å². The molecule has 13 heavy (non-hydrogen) atoms. The molecule has 0 atom stereocenters. The minimum absolute atomic E-state index is 0.0515. The molecule has 1 heterocycles. The summed E-state index contributed by atoms with van der Waals surface area (Å²) in [5, 5.41) is 0. The van der Waals surface area contributed by atoms with Crippen LogP contribution in [-0.4, -0.2) is 10.9 Å². The number of hydrogen-bond acceptors (Lipinski definition) is 3. The van der Waals surface area contributed by atoms with Gasteiger partial charge in [0.1, 0.15) is 5.69 Å². The third kappa shape index (κ3) is 1.90. The second-order valence-electron chi connectivity index (χ2n) is 2.36. The number of amides is 1. The second kappa shape index (κ2) is 3.34. The van der Waals surface area contributed by atoms with E-state index in [0.717, 1.165) is 12.3 Å². The van der Waals surface area contributed by atoms with Crippen LogP contribution in [0.3, 0.4) is 0 Å². The molecular weight excluding hydrogens is 180 g/mol. The number of halogens is 2. The van der Waals surface area contributed by atoms with Crippen molar-refractivity contribution in [2.45, 2.75) is 6.43 Å². The van der Waals surface area contributed by atoms with Crippen LogP contribution in [0.4, 0.5) is 14.5 Å². The van der Waals surface area contributed by atoms with Gasteiger partial charge in [0.2, 0.25) is 0 Å². The van der Waals surface area contributed by atoms with Gasteiger partial charge in [-0.25, -0.2) is 8.78 Å². The summed E-state index contributed by atoms with van der Waals surface area (Å²) in [6.07, 6.45) is -1.76. The molecule has 0 spiro atoms. The van der Waals surface area contributed by atoms with E-state index in [9.17, 15) is 13.6 Å². The summed E-state index contributed by atoms with van der Waals surface area (Å²) in [5.74, 6) is -0.786. The van der Waals surface area contributed by atoms with E-state index in [4.69, 9.17) is 11.5 Å². The molecule has 0 aliphatic heterocycles. The highest BCUT2D eigenvalue weighted by Gasteiger charge is 2.12. The average molecular weight is 187 g/mol. The molecule has 4 nitrogen and oxygen atoms in total. The molecule has 1 aromatic heterocycles. The summed E-state index contributed by atoms with van der Waals surface area (Å²) in [6, 6.07) is 0.935. The normalized spacial score (nSPS) is 10.4. The fourth-order valence-corrected chi connectivity index (χ4v) is 0.813. The van der Waals surface area contributed by atoms with Gasteiger partial charge < -0.3 is 11.5 Å². The predicted molar refractivity (Wildman–Crippen MR) is 42.1 cm³/mol. The Hall–Kier alpha value is -1.72. The van der Waals surface area contributed by atoms with Crippen molar-refractivity contribution in [3.05, 3.63) is 23.5 Å². The minimum Gasteiger partial charge on any atom is -0.398 e. The van der Waals surface area contributed by atoms with E-state index >= 15 is 0 Å². The fourth-order valence-electron chi connectivity index (χ4n) is 0.813. The van der Waals surface area contributed by atoms with Crippen LogP contribution < -0.4 is 11.5 Å². The van der Waals surface area contributed by atoms with Crippen molar-refractivity contribution in [2.24, 2.45) is 5.73 Å². The van der Waals surface area contributed by atoms with Crippen molar-refractivity contribution in [3.8, 4) is 0 Å². The number of carbonyl (C=O) groups is 1. The molecule has 1 rings (SSSR count). The Balaban J connectivity index is 3.13. The van der Waals surface area contributed by atoms with E-state index in [0.29, 0.717) is 0 Å². The fraction of sp³-hybridized carbons (Fsp3) is 0.143. The number of aromatic nitrogens is 1. The first-order valence-corrected chi connectivity index (χ1v) is 3.35. The lowest BCUT2D eigenvalue weighted by Gasteiger charge is -2.03. The quantitative estimate of drug-likeness (QED) is 0.714. The van der Waals surface area contributed by atoms with Crippen LogP contribution in [0, 0.1) is 0 Å². The van der Waals surface area contributed by atoms with Crippen LogP contribution in [0.5, 0.6) is 0 Å². The second-order valence-corrected chi connectivity index (χ2v) is 2.36. The zero-order valence-corrected chi connectivity index (χ0v) is 6.50. The maximum absolute atomic E-state index is 12.0. The highest BCUT2D eigenvalue weighted by Crippen LogP contribution is 2.20. The Labute approximate surface area is 72.6 Å². The molecule has 0 aliphatic rings. The van der Waals surface area contributed by atoms with Gasteiger partial charge >= 0.3 is 0 Å². The summed E-state index contributed by atoms with van der Waals surface area (Å²) < 4.78 is 24.1. The molecule has 0 saturated heterocycles. The lowest BCUT2D eigenvalue weighted by atomic mass is 10.2. The molecule has 0 radical (unpaired) electrons. The third-order valence-electron chi connectivity index (χ3n) is 1.45. The maximum Gasteiger partial charge on any atom is 0.280 e. The van der Waals surface area contributed by atoms with E-state index in [1.54, 1.807) is 0 Å². The van der Waals surface area contributed by atoms with Crippen molar-refractivity contribution in [1.29, 1.82) is 0 Å². The molecule has 4 N–H and O–H groups in total. The summed E-state index contributed by atoms with van der Waals surface area (Å²) in [7, 11) is 0. The number of rotatable bonds is 2. The first-order chi connectivity index (χ1) is 6.02. The topological polar surface area (TPSA) is 82.0 Å². The zero-order chi connectivity index (χ0) is 10.0. The van der Waals surface area contributed by atoms with Crippen molar-refractivity contribution in [3.63, 3.8) is 0 Å². The molecule has 0 bridgehead atoms. The molecule has 0 aliphatic carbocycles. The Morgan fingerprint density at radius 1 is 1.54 bits per heavy atom. The van der Waals surface area contributed by atoms with Gasteiger partial charge in [-0.2, -0.15) is 0 Å². The van der Waals surface area contributed by atoms with Crippen molar-refractivity contribution >= 4 is 11.6 Å². The lowest BCUT2D eigenvalue weighted by Crippen LogP contribution is -2.14. The molecule has 0 saturated carbocycles. The predicted octanol–water partition coefficient (Wildman–Crippen LogP) is 0.700.